The molecule has 0 fully saturated rings. The average molecular weight is 324 g/mol. The zero-order valence-corrected chi connectivity index (χ0v) is 14.1. The molecule has 0 spiro atoms. The van der Waals surface area contributed by atoms with E-state index in [2.05, 4.69) is 5.32 Å². The van der Waals surface area contributed by atoms with Gasteiger partial charge in [0.1, 0.15) is 0 Å². The molecule has 114 valence electrons. The van der Waals surface area contributed by atoms with E-state index in [0.717, 1.165) is 10.4 Å². The first kappa shape index (κ1) is 16.0. The summed E-state index contributed by atoms with van der Waals surface area (Å²) in [6, 6.07) is 9.30. The van der Waals surface area contributed by atoms with Gasteiger partial charge in [-0.25, -0.2) is 8.42 Å². The lowest BCUT2D eigenvalue weighted by molar-refractivity contribution is 0.592. The predicted molar refractivity (Wildman–Crippen MR) is 88.5 cm³/mol. The molecule has 0 aliphatic carbocycles. The number of thiophene rings is 1. The monoisotopic (exact) mass is 324 g/mol. The van der Waals surface area contributed by atoms with Crippen LogP contribution in [0.2, 0.25) is 0 Å². The highest BCUT2D eigenvalue weighted by Crippen LogP contribution is 2.27. The third-order valence-electron chi connectivity index (χ3n) is 3.15. The first-order valence-electron chi connectivity index (χ1n) is 6.80. The zero-order chi connectivity index (χ0) is 15.5. The highest BCUT2D eigenvalue weighted by Gasteiger charge is 2.24. The Bertz CT molecular complexity index is 708. The Morgan fingerprint density at radius 2 is 2.05 bits per heavy atom. The van der Waals surface area contributed by atoms with Gasteiger partial charge in [0.15, 0.2) is 0 Å². The lowest BCUT2D eigenvalue weighted by atomic mass is 10.2. The third-order valence-corrected chi connectivity index (χ3v) is 6.11. The Morgan fingerprint density at radius 3 is 2.67 bits per heavy atom. The Morgan fingerprint density at radius 1 is 1.29 bits per heavy atom. The number of nitrogens with zero attached hydrogens (tertiary/aromatic N) is 1. The highest BCUT2D eigenvalue weighted by atomic mass is 32.2. The van der Waals surface area contributed by atoms with E-state index in [9.17, 15) is 8.42 Å². The molecule has 0 unspecified atom stereocenters. The number of sulfonamides is 1. The summed E-state index contributed by atoms with van der Waals surface area (Å²) < 4.78 is 27.1. The van der Waals surface area contributed by atoms with Crippen molar-refractivity contribution in [3.63, 3.8) is 0 Å². The molecule has 0 amide bonds. The molecule has 4 nitrogen and oxygen atoms in total. The van der Waals surface area contributed by atoms with Crippen LogP contribution in [0.4, 0.5) is 5.69 Å². The van der Waals surface area contributed by atoms with E-state index in [4.69, 9.17) is 0 Å². The maximum Gasteiger partial charge on any atom is 0.265 e. The summed E-state index contributed by atoms with van der Waals surface area (Å²) in [5.74, 6) is 0. The number of benzene rings is 1. The molecule has 6 heteroatoms. The van der Waals surface area contributed by atoms with Crippen LogP contribution >= 0.6 is 11.3 Å². The fourth-order valence-corrected chi connectivity index (χ4v) is 4.90. The van der Waals surface area contributed by atoms with E-state index >= 15 is 0 Å². The minimum atomic E-state index is -3.50. The number of anilines is 1. The summed E-state index contributed by atoms with van der Waals surface area (Å²) >= 11 is 1.46. The highest BCUT2D eigenvalue weighted by molar-refractivity contribution is 7.93. The van der Waals surface area contributed by atoms with Crippen LogP contribution < -0.4 is 9.62 Å². The maximum atomic E-state index is 12.8. The van der Waals surface area contributed by atoms with Gasteiger partial charge in [-0.05, 0) is 44.7 Å². The molecule has 1 N–H and O–H groups in total. The first-order chi connectivity index (χ1) is 9.98. The van der Waals surface area contributed by atoms with E-state index in [1.807, 2.05) is 45.2 Å². The van der Waals surface area contributed by atoms with Crippen molar-refractivity contribution in [1.82, 2.24) is 5.32 Å². The van der Waals surface area contributed by atoms with Gasteiger partial charge in [-0.15, -0.1) is 11.3 Å². The summed E-state index contributed by atoms with van der Waals surface area (Å²) in [4.78, 5) is 1.37. The molecule has 0 aliphatic rings. The molecule has 0 bridgehead atoms. The normalized spacial score (nSPS) is 11.6. The molecular weight excluding hydrogens is 304 g/mol. The zero-order valence-electron chi connectivity index (χ0n) is 12.5. The van der Waals surface area contributed by atoms with Crippen LogP contribution in [0.5, 0.6) is 0 Å². The Kier molecular flexibility index (Phi) is 5.03. The van der Waals surface area contributed by atoms with Gasteiger partial charge in [-0.3, -0.25) is 4.31 Å². The van der Waals surface area contributed by atoms with Gasteiger partial charge in [-0.1, -0.05) is 12.1 Å². The van der Waals surface area contributed by atoms with Gasteiger partial charge in [0, 0.05) is 23.3 Å². The number of rotatable bonds is 6. The molecule has 0 radical (unpaired) electrons. The van der Waals surface area contributed by atoms with Crippen LogP contribution in [0.15, 0.2) is 40.6 Å². The molecule has 2 rings (SSSR count). The van der Waals surface area contributed by atoms with Gasteiger partial charge in [0.2, 0.25) is 0 Å². The molecule has 21 heavy (non-hydrogen) atoms. The van der Waals surface area contributed by atoms with Crippen molar-refractivity contribution < 1.29 is 8.42 Å². The minimum Gasteiger partial charge on any atom is -0.315 e. The Hall–Kier alpha value is -1.37. The standard InChI is InChI=1S/C15H20N2O2S2/c1-4-17(13-7-5-6-12(2)8-13)21(18,19)15-9-14(10-16-3)20-11-15/h5-9,11,16H,4,10H2,1-3H3. The van der Waals surface area contributed by atoms with Crippen LogP contribution in [0, 0.1) is 6.92 Å². The van der Waals surface area contributed by atoms with Crippen molar-refractivity contribution >= 4 is 27.0 Å². The summed E-state index contributed by atoms with van der Waals surface area (Å²) in [6.45, 7) is 4.89. The van der Waals surface area contributed by atoms with Gasteiger partial charge < -0.3 is 5.32 Å². The van der Waals surface area contributed by atoms with Crippen molar-refractivity contribution in [3.05, 3.63) is 46.2 Å². The van der Waals surface area contributed by atoms with Crippen molar-refractivity contribution in [3.8, 4) is 0 Å². The van der Waals surface area contributed by atoms with Crippen LogP contribution in [0.25, 0.3) is 0 Å². The topological polar surface area (TPSA) is 49.4 Å². The molecule has 2 aromatic rings. The van der Waals surface area contributed by atoms with Crippen molar-refractivity contribution in [2.75, 3.05) is 17.9 Å². The Balaban J connectivity index is 2.39. The average Bonchev–Trinajstić information content (AvgIpc) is 2.89. The smallest absolute Gasteiger partial charge is 0.265 e. The van der Waals surface area contributed by atoms with E-state index < -0.39 is 10.0 Å². The molecule has 0 atom stereocenters. The van der Waals surface area contributed by atoms with Gasteiger partial charge in [0.05, 0.1) is 10.6 Å². The van der Waals surface area contributed by atoms with E-state index in [0.29, 0.717) is 23.7 Å². The predicted octanol–water partition coefficient (Wildman–Crippen LogP) is 2.99. The molecule has 1 aromatic heterocycles. The summed E-state index contributed by atoms with van der Waals surface area (Å²) in [7, 11) is -1.66. The van der Waals surface area contributed by atoms with Crippen LogP contribution in [-0.4, -0.2) is 22.0 Å². The molecular formula is C15H20N2O2S2. The van der Waals surface area contributed by atoms with Crippen molar-refractivity contribution in [2.24, 2.45) is 0 Å². The van der Waals surface area contributed by atoms with Crippen molar-refractivity contribution in [2.45, 2.75) is 25.3 Å². The fourth-order valence-electron chi connectivity index (χ4n) is 2.16. The summed E-state index contributed by atoms with van der Waals surface area (Å²) in [5, 5.41) is 4.74. The fraction of sp³-hybridized carbons (Fsp3) is 0.333. The quantitative estimate of drug-likeness (QED) is 0.888. The SMILES string of the molecule is CCN(c1cccc(C)c1)S(=O)(=O)c1csc(CNC)c1. The first-order valence-corrected chi connectivity index (χ1v) is 9.12. The number of aryl methyl sites for hydroxylation is 1. The van der Waals surface area contributed by atoms with Crippen LogP contribution in [-0.2, 0) is 16.6 Å². The summed E-state index contributed by atoms with van der Waals surface area (Å²) in [6.07, 6.45) is 0. The lowest BCUT2D eigenvalue weighted by Crippen LogP contribution is -2.30. The molecule has 0 saturated heterocycles. The lowest BCUT2D eigenvalue weighted by Gasteiger charge is -2.22. The number of nitrogens with one attached hydrogen (secondary N) is 1. The second-order valence-corrected chi connectivity index (χ2v) is 7.65. The van der Waals surface area contributed by atoms with Gasteiger partial charge in [-0.2, -0.15) is 0 Å². The second kappa shape index (κ2) is 6.60. The van der Waals surface area contributed by atoms with E-state index in [1.165, 1.54) is 15.6 Å². The third kappa shape index (κ3) is 3.45. The molecule has 0 aliphatic heterocycles. The number of hydrogen-bond acceptors (Lipinski definition) is 4. The van der Waals surface area contributed by atoms with Gasteiger partial charge in [0.25, 0.3) is 10.0 Å². The Labute approximate surface area is 130 Å². The maximum absolute atomic E-state index is 12.8. The summed E-state index contributed by atoms with van der Waals surface area (Å²) in [5.41, 5.74) is 1.75. The van der Waals surface area contributed by atoms with Crippen LogP contribution in [0.3, 0.4) is 0 Å². The second-order valence-electron chi connectivity index (χ2n) is 4.79. The largest absolute Gasteiger partial charge is 0.315 e. The van der Waals surface area contributed by atoms with E-state index in [-0.39, 0.29) is 0 Å². The van der Waals surface area contributed by atoms with Crippen molar-refractivity contribution in [1.29, 1.82) is 0 Å². The molecule has 0 saturated carbocycles. The van der Waals surface area contributed by atoms with Gasteiger partial charge >= 0.3 is 0 Å². The van der Waals surface area contributed by atoms with E-state index in [1.54, 1.807) is 11.4 Å². The minimum absolute atomic E-state index is 0.362. The molecule has 1 heterocycles. The van der Waals surface area contributed by atoms with Crippen LogP contribution in [0.1, 0.15) is 17.4 Å². The number of hydrogen-bond donors (Lipinski definition) is 1. The molecule has 1 aromatic carbocycles.